The number of unbranched alkanes of at least 4 members (excludes halogenated alkanes) is 1. The Bertz CT molecular complexity index is 146. The van der Waals surface area contributed by atoms with Gasteiger partial charge in [0.05, 0.1) is 12.2 Å². The molecule has 0 aromatic carbocycles. The first-order chi connectivity index (χ1) is 6.65. The van der Waals surface area contributed by atoms with Crippen LogP contribution in [0.2, 0.25) is 0 Å². The summed E-state index contributed by atoms with van der Waals surface area (Å²) >= 11 is 0. The zero-order chi connectivity index (χ0) is 10.6. The van der Waals surface area contributed by atoms with Crippen LogP contribution in [0, 0.1) is 11.8 Å². The predicted octanol–water partition coefficient (Wildman–Crippen LogP) is 2.60. The molecule has 0 heterocycles. The van der Waals surface area contributed by atoms with Gasteiger partial charge < -0.3 is 9.84 Å². The molecular weight excluding hydrogens is 176 g/mol. The topological polar surface area (TPSA) is 29.5 Å². The highest BCUT2D eigenvalue weighted by Crippen LogP contribution is 2.31. The third-order valence-corrected chi connectivity index (χ3v) is 3.17. The lowest BCUT2D eigenvalue weighted by Gasteiger charge is -2.36. The van der Waals surface area contributed by atoms with Crippen LogP contribution in [-0.4, -0.2) is 23.9 Å². The van der Waals surface area contributed by atoms with Crippen molar-refractivity contribution in [3.8, 4) is 0 Å². The first kappa shape index (κ1) is 12.0. The van der Waals surface area contributed by atoms with Crippen LogP contribution in [0.1, 0.15) is 46.5 Å². The first-order valence-corrected chi connectivity index (χ1v) is 5.94. The van der Waals surface area contributed by atoms with E-state index in [1.165, 1.54) is 6.42 Å². The molecule has 1 N–H and O–H groups in total. The summed E-state index contributed by atoms with van der Waals surface area (Å²) in [6.07, 6.45) is 4.19. The van der Waals surface area contributed by atoms with Crippen LogP contribution in [0.5, 0.6) is 0 Å². The zero-order valence-electron chi connectivity index (χ0n) is 9.70. The van der Waals surface area contributed by atoms with E-state index in [4.69, 9.17) is 4.74 Å². The number of aliphatic hydroxyl groups is 1. The highest BCUT2D eigenvalue weighted by atomic mass is 16.5. The molecule has 1 rings (SSSR count). The fourth-order valence-electron chi connectivity index (χ4n) is 2.43. The van der Waals surface area contributed by atoms with Gasteiger partial charge in [-0.15, -0.1) is 0 Å². The van der Waals surface area contributed by atoms with Gasteiger partial charge in [0.25, 0.3) is 0 Å². The van der Waals surface area contributed by atoms with Crippen molar-refractivity contribution in [2.75, 3.05) is 6.61 Å². The van der Waals surface area contributed by atoms with E-state index in [1.54, 1.807) is 0 Å². The van der Waals surface area contributed by atoms with Crippen LogP contribution in [0.15, 0.2) is 0 Å². The maximum Gasteiger partial charge on any atom is 0.0859 e. The van der Waals surface area contributed by atoms with Crippen LogP contribution in [0.3, 0.4) is 0 Å². The van der Waals surface area contributed by atoms with Gasteiger partial charge in [0, 0.05) is 6.61 Å². The third-order valence-electron chi connectivity index (χ3n) is 3.17. The molecule has 2 heteroatoms. The molecule has 0 aliphatic heterocycles. The Morgan fingerprint density at radius 2 is 2.00 bits per heavy atom. The second-order valence-corrected chi connectivity index (χ2v) is 4.81. The Morgan fingerprint density at radius 1 is 1.29 bits per heavy atom. The number of ether oxygens (including phenoxy) is 1. The lowest BCUT2D eigenvalue weighted by Crippen LogP contribution is -2.41. The number of hydrogen-bond donors (Lipinski definition) is 1. The standard InChI is InChI=1S/C12H24O2/c1-4-5-6-14-12-10(3)7-9(2)8-11(12)13/h9-13H,4-8H2,1-3H3. The summed E-state index contributed by atoms with van der Waals surface area (Å²) in [6.45, 7) is 7.36. The molecule has 2 nitrogen and oxygen atoms in total. The summed E-state index contributed by atoms with van der Waals surface area (Å²) in [6, 6.07) is 0. The summed E-state index contributed by atoms with van der Waals surface area (Å²) in [4.78, 5) is 0. The van der Waals surface area contributed by atoms with Crippen molar-refractivity contribution < 1.29 is 9.84 Å². The van der Waals surface area contributed by atoms with E-state index in [1.807, 2.05) is 0 Å². The fraction of sp³-hybridized carbons (Fsp3) is 1.00. The molecule has 0 bridgehead atoms. The number of aliphatic hydroxyl groups excluding tert-OH is 1. The zero-order valence-corrected chi connectivity index (χ0v) is 9.70. The van der Waals surface area contributed by atoms with Gasteiger partial charge in [-0.3, -0.25) is 0 Å². The molecule has 4 atom stereocenters. The van der Waals surface area contributed by atoms with Gasteiger partial charge in [0.15, 0.2) is 0 Å². The average molecular weight is 200 g/mol. The smallest absolute Gasteiger partial charge is 0.0859 e. The molecule has 1 aliphatic carbocycles. The minimum Gasteiger partial charge on any atom is -0.390 e. The highest BCUT2D eigenvalue weighted by Gasteiger charge is 2.33. The summed E-state index contributed by atoms with van der Waals surface area (Å²) in [5.74, 6) is 1.15. The minimum atomic E-state index is -0.245. The van der Waals surface area contributed by atoms with Gasteiger partial charge in [0.2, 0.25) is 0 Å². The first-order valence-electron chi connectivity index (χ1n) is 5.94. The Labute approximate surface area is 87.7 Å². The van der Waals surface area contributed by atoms with Gasteiger partial charge in [-0.1, -0.05) is 27.2 Å². The molecule has 4 unspecified atom stereocenters. The lowest BCUT2D eigenvalue weighted by atomic mass is 9.79. The molecule has 0 aromatic heterocycles. The van der Waals surface area contributed by atoms with Crippen LogP contribution in [0.25, 0.3) is 0 Å². The normalized spacial score (nSPS) is 38.6. The molecule has 1 aliphatic rings. The van der Waals surface area contributed by atoms with E-state index >= 15 is 0 Å². The molecule has 0 saturated heterocycles. The van der Waals surface area contributed by atoms with Crippen molar-refractivity contribution in [3.63, 3.8) is 0 Å². The van der Waals surface area contributed by atoms with Crippen LogP contribution >= 0.6 is 0 Å². The Hall–Kier alpha value is -0.0800. The fourth-order valence-corrected chi connectivity index (χ4v) is 2.43. The van der Waals surface area contributed by atoms with E-state index in [0.717, 1.165) is 25.9 Å². The van der Waals surface area contributed by atoms with Gasteiger partial charge in [0.1, 0.15) is 0 Å². The second-order valence-electron chi connectivity index (χ2n) is 4.81. The molecule has 0 amide bonds. The molecule has 1 fully saturated rings. The van der Waals surface area contributed by atoms with Crippen LogP contribution in [0.4, 0.5) is 0 Å². The number of rotatable bonds is 4. The van der Waals surface area contributed by atoms with Gasteiger partial charge >= 0.3 is 0 Å². The Balaban J connectivity index is 2.34. The monoisotopic (exact) mass is 200 g/mol. The van der Waals surface area contributed by atoms with Crippen LogP contribution in [-0.2, 0) is 4.74 Å². The minimum absolute atomic E-state index is 0.0812. The van der Waals surface area contributed by atoms with E-state index in [9.17, 15) is 5.11 Å². The molecule has 0 spiro atoms. The van der Waals surface area contributed by atoms with Gasteiger partial charge in [-0.05, 0) is 31.1 Å². The largest absolute Gasteiger partial charge is 0.390 e. The molecule has 14 heavy (non-hydrogen) atoms. The summed E-state index contributed by atoms with van der Waals surface area (Å²) < 4.78 is 5.75. The molecule has 84 valence electrons. The third kappa shape index (κ3) is 3.25. The maximum absolute atomic E-state index is 9.88. The van der Waals surface area contributed by atoms with Gasteiger partial charge in [-0.25, -0.2) is 0 Å². The highest BCUT2D eigenvalue weighted by molar-refractivity contribution is 4.83. The van der Waals surface area contributed by atoms with Crippen LogP contribution < -0.4 is 0 Å². The van der Waals surface area contributed by atoms with E-state index < -0.39 is 0 Å². The summed E-state index contributed by atoms with van der Waals surface area (Å²) in [7, 11) is 0. The van der Waals surface area contributed by atoms with Crippen molar-refractivity contribution in [1.29, 1.82) is 0 Å². The summed E-state index contributed by atoms with van der Waals surface area (Å²) in [5.41, 5.74) is 0. The van der Waals surface area contributed by atoms with E-state index in [2.05, 4.69) is 20.8 Å². The van der Waals surface area contributed by atoms with E-state index in [0.29, 0.717) is 11.8 Å². The molecule has 0 aromatic rings. The average Bonchev–Trinajstić information content (AvgIpc) is 2.09. The summed E-state index contributed by atoms with van der Waals surface area (Å²) in [5, 5.41) is 9.88. The van der Waals surface area contributed by atoms with Crippen molar-refractivity contribution in [2.45, 2.75) is 58.7 Å². The SMILES string of the molecule is CCCCOC1C(C)CC(C)CC1O. The predicted molar refractivity (Wildman–Crippen MR) is 58.2 cm³/mol. The van der Waals surface area contributed by atoms with Crippen molar-refractivity contribution in [2.24, 2.45) is 11.8 Å². The Morgan fingerprint density at radius 3 is 2.57 bits per heavy atom. The van der Waals surface area contributed by atoms with Crippen molar-refractivity contribution in [3.05, 3.63) is 0 Å². The number of hydrogen-bond acceptors (Lipinski definition) is 2. The van der Waals surface area contributed by atoms with Crippen molar-refractivity contribution in [1.82, 2.24) is 0 Å². The Kier molecular flexibility index (Phi) is 4.90. The quantitative estimate of drug-likeness (QED) is 0.707. The van der Waals surface area contributed by atoms with E-state index in [-0.39, 0.29) is 12.2 Å². The maximum atomic E-state index is 9.88. The molecule has 0 radical (unpaired) electrons. The van der Waals surface area contributed by atoms with Crippen molar-refractivity contribution >= 4 is 0 Å². The molecular formula is C12H24O2. The molecule has 1 saturated carbocycles. The second kappa shape index (κ2) is 5.72. The van der Waals surface area contributed by atoms with Gasteiger partial charge in [-0.2, -0.15) is 0 Å². The lowest BCUT2D eigenvalue weighted by molar-refractivity contribution is -0.0961.